The van der Waals surface area contributed by atoms with E-state index in [0.29, 0.717) is 11.2 Å². The topological polar surface area (TPSA) is 75.4 Å². The van der Waals surface area contributed by atoms with Gasteiger partial charge in [-0.15, -0.1) is 0 Å². The summed E-state index contributed by atoms with van der Waals surface area (Å²) in [5, 5.41) is 9.30. The molecule has 2 heterocycles. The molecule has 1 saturated heterocycles. The minimum Gasteiger partial charge on any atom is -0.481 e. The average Bonchev–Trinajstić information content (AvgIpc) is 3.15. The van der Waals surface area contributed by atoms with Crippen LogP contribution in [0.1, 0.15) is 25.3 Å². The quantitative estimate of drug-likeness (QED) is 0.640. The number of nitrogens with zero attached hydrogens (tertiary/aromatic N) is 3. The molecule has 3 rings (SSSR count). The number of aliphatic carboxylic acids is 1. The van der Waals surface area contributed by atoms with Crippen molar-refractivity contribution in [2.45, 2.75) is 36.5 Å². The Kier molecular flexibility index (Phi) is 3.80. The van der Waals surface area contributed by atoms with Crippen LogP contribution in [-0.2, 0) is 4.79 Å². The van der Waals surface area contributed by atoms with E-state index in [1.165, 1.54) is 18.9 Å². The van der Waals surface area contributed by atoms with Gasteiger partial charge in [-0.25, -0.2) is 0 Å². The lowest BCUT2D eigenvalue weighted by Gasteiger charge is -2.19. The van der Waals surface area contributed by atoms with Crippen molar-refractivity contribution in [2.24, 2.45) is 0 Å². The standard InChI is InChI=1S/C13H17N3O3S/c17-11-4-6-16(13(14-11)20-8-12(18)19)10-3-5-15(7-10)9-1-2-9/h4,6,9-10H,1-3,5,7-8H2,(H,18,19). The molecule has 7 heteroatoms. The molecule has 1 unspecified atom stereocenters. The predicted molar refractivity (Wildman–Crippen MR) is 75.1 cm³/mol. The second-order valence-electron chi connectivity index (χ2n) is 5.31. The minimum atomic E-state index is -0.898. The number of thioether (sulfide) groups is 1. The van der Waals surface area contributed by atoms with E-state index in [-0.39, 0.29) is 11.3 Å². The van der Waals surface area contributed by atoms with Gasteiger partial charge >= 0.3 is 5.97 Å². The molecule has 1 atom stereocenters. The van der Waals surface area contributed by atoms with Gasteiger partial charge in [-0.1, -0.05) is 11.8 Å². The SMILES string of the molecule is O=C(O)CSc1nc(=O)ccn1C1CCN(C2CC2)C1. The van der Waals surface area contributed by atoms with Crippen molar-refractivity contribution >= 4 is 17.7 Å². The number of hydrogen-bond acceptors (Lipinski definition) is 5. The van der Waals surface area contributed by atoms with E-state index in [2.05, 4.69) is 9.88 Å². The molecule has 2 fully saturated rings. The highest BCUT2D eigenvalue weighted by atomic mass is 32.2. The number of carboxylic acids is 1. The van der Waals surface area contributed by atoms with Gasteiger partial charge in [0.05, 0.1) is 5.75 Å². The van der Waals surface area contributed by atoms with E-state index >= 15 is 0 Å². The third-order valence-corrected chi connectivity index (χ3v) is 4.73. The summed E-state index contributed by atoms with van der Waals surface area (Å²) in [6.07, 6.45) is 5.35. The summed E-state index contributed by atoms with van der Waals surface area (Å²) in [5.74, 6) is -0.971. The average molecular weight is 295 g/mol. The highest BCUT2D eigenvalue weighted by Crippen LogP contribution is 2.34. The van der Waals surface area contributed by atoms with Crippen molar-refractivity contribution < 1.29 is 9.90 Å². The molecule has 6 nitrogen and oxygen atoms in total. The van der Waals surface area contributed by atoms with Crippen LogP contribution in [0, 0.1) is 0 Å². The summed E-state index contributed by atoms with van der Waals surface area (Å²) in [7, 11) is 0. The van der Waals surface area contributed by atoms with Crippen LogP contribution in [0.5, 0.6) is 0 Å². The van der Waals surface area contributed by atoms with Gasteiger partial charge < -0.3 is 9.67 Å². The molecule has 0 radical (unpaired) electrons. The first-order chi connectivity index (χ1) is 9.63. The smallest absolute Gasteiger partial charge is 0.313 e. The van der Waals surface area contributed by atoms with Crippen molar-refractivity contribution in [2.75, 3.05) is 18.8 Å². The second kappa shape index (κ2) is 5.57. The van der Waals surface area contributed by atoms with Crippen molar-refractivity contribution in [3.63, 3.8) is 0 Å². The van der Waals surface area contributed by atoms with E-state index < -0.39 is 5.97 Å². The second-order valence-corrected chi connectivity index (χ2v) is 6.25. The third kappa shape index (κ3) is 3.04. The Hall–Kier alpha value is -1.34. The van der Waals surface area contributed by atoms with Gasteiger partial charge in [0.15, 0.2) is 5.16 Å². The number of carbonyl (C=O) groups is 1. The van der Waals surface area contributed by atoms with Gasteiger partial charge in [-0.05, 0) is 19.3 Å². The molecule has 0 spiro atoms. The Morgan fingerprint density at radius 2 is 2.20 bits per heavy atom. The van der Waals surface area contributed by atoms with Crippen LogP contribution in [-0.4, -0.2) is 50.4 Å². The highest BCUT2D eigenvalue weighted by molar-refractivity contribution is 7.99. The third-order valence-electron chi connectivity index (χ3n) is 3.78. The zero-order valence-electron chi connectivity index (χ0n) is 11.1. The summed E-state index contributed by atoms with van der Waals surface area (Å²) in [6.45, 7) is 2.04. The summed E-state index contributed by atoms with van der Waals surface area (Å²) in [4.78, 5) is 28.5. The number of hydrogen-bond donors (Lipinski definition) is 1. The summed E-state index contributed by atoms with van der Waals surface area (Å²) in [6, 6.07) is 2.48. The van der Waals surface area contributed by atoms with E-state index in [1.54, 1.807) is 6.20 Å². The fourth-order valence-electron chi connectivity index (χ4n) is 2.67. The monoisotopic (exact) mass is 295 g/mol. The highest BCUT2D eigenvalue weighted by Gasteiger charge is 2.35. The van der Waals surface area contributed by atoms with E-state index in [4.69, 9.17) is 5.11 Å². The van der Waals surface area contributed by atoms with Crippen molar-refractivity contribution in [3.05, 3.63) is 22.6 Å². The molecular formula is C13H17N3O3S. The van der Waals surface area contributed by atoms with Crippen LogP contribution in [0.15, 0.2) is 22.2 Å². The maximum absolute atomic E-state index is 11.4. The molecule has 1 aromatic heterocycles. The molecule has 0 aromatic carbocycles. The van der Waals surface area contributed by atoms with Gasteiger partial charge in [0.1, 0.15) is 0 Å². The fourth-order valence-corrected chi connectivity index (χ4v) is 3.44. The van der Waals surface area contributed by atoms with Crippen LogP contribution in [0.25, 0.3) is 0 Å². The first-order valence-electron chi connectivity index (χ1n) is 6.81. The minimum absolute atomic E-state index is 0.0739. The first-order valence-corrected chi connectivity index (χ1v) is 7.80. The van der Waals surface area contributed by atoms with E-state index in [9.17, 15) is 9.59 Å². The van der Waals surface area contributed by atoms with E-state index in [1.807, 2.05) is 4.57 Å². The number of likely N-dealkylation sites (tertiary alicyclic amines) is 1. The molecule has 108 valence electrons. The zero-order chi connectivity index (χ0) is 14.1. The molecule has 1 aliphatic carbocycles. The lowest BCUT2D eigenvalue weighted by atomic mass is 10.2. The van der Waals surface area contributed by atoms with Crippen molar-refractivity contribution in [3.8, 4) is 0 Å². The molecule has 0 bridgehead atoms. The Labute approximate surface area is 120 Å². The Morgan fingerprint density at radius 1 is 1.40 bits per heavy atom. The van der Waals surface area contributed by atoms with Gasteiger partial charge in [0, 0.05) is 37.4 Å². The molecule has 1 saturated carbocycles. The van der Waals surface area contributed by atoms with Gasteiger partial charge in [0.2, 0.25) is 0 Å². The zero-order valence-corrected chi connectivity index (χ0v) is 11.9. The Balaban J connectivity index is 1.77. The summed E-state index contributed by atoms with van der Waals surface area (Å²) >= 11 is 1.12. The van der Waals surface area contributed by atoms with Crippen LogP contribution in [0.2, 0.25) is 0 Å². The lowest BCUT2D eigenvalue weighted by Crippen LogP contribution is -2.25. The van der Waals surface area contributed by atoms with Crippen LogP contribution >= 0.6 is 11.8 Å². The lowest BCUT2D eigenvalue weighted by molar-refractivity contribution is -0.133. The number of carboxylic acid groups (broad SMARTS) is 1. The van der Waals surface area contributed by atoms with Gasteiger partial charge in [-0.2, -0.15) is 4.98 Å². The van der Waals surface area contributed by atoms with Crippen LogP contribution in [0.3, 0.4) is 0 Å². The Morgan fingerprint density at radius 3 is 2.90 bits per heavy atom. The first kappa shape index (κ1) is 13.6. The fraction of sp³-hybridized carbons (Fsp3) is 0.615. The molecular weight excluding hydrogens is 278 g/mol. The summed E-state index contributed by atoms with van der Waals surface area (Å²) in [5.41, 5.74) is -0.314. The number of aromatic nitrogens is 2. The molecule has 20 heavy (non-hydrogen) atoms. The van der Waals surface area contributed by atoms with Gasteiger partial charge in [-0.3, -0.25) is 14.5 Å². The normalized spacial score (nSPS) is 23.1. The van der Waals surface area contributed by atoms with Crippen LogP contribution in [0.4, 0.5) is 0 Å². The Bertz CT molecular complexity index is 570. The molecule has 0 amide bonds. The molecule has 1 aliphatic heterocycles. The molecule has 2 aliphatic rings. The predicted octanol–water partition coefficient (Wildman–Crippen LogP) is 0.829. The summed E-state index contributed by atoms with van der Waals surface area (Å²) < 4.78 is 1.97. The maximum Gasteiger partial charge on any atom is 0.313 e. The van der Waals surface area contributed by atoms with Crippen molar-refractivity contribution in [1.29, 1.82) is 0 Å². The van der Waals surface area contributed by atoms with Crippen molar-refractivity contribution in [1.82, 2.24) is 14.5 Å². The largest absolute Gasteiger partial charge is 0.481 e. The van der Waals surface area contributed by atoms with E-state index in [0.717, 1.165) is 37.3 Å². The van der Waals surface area contributed by atoms with Crippen LogP contribution < -0.4 is 5.56 Å². The maximum atomic E-state index is 11.4. The van der Waals surface area contributed by atoms with Gasteiger partial charge in [0.25, 0.3) is 5.56 Å². The molecule has 1 N–H and O–H groups in total. The molecule has 1 aromatic rings. The number of rotatable bonds is 5.